The molecule has 0 heterocycles. The average molecular weight is 257 g/mol. The van der Waals surface area contributed by atoms with Gasteiger partial charge in [0.05, 0.1) is 17.2 Å². The van der Waals surface area contributed by atoms with Crippen LogP contribution in [0.4, 0.5) is 0 Å². The lowest BCUT2D eigenvalue weighted by atomic mass is 9.71. The zero-order valence-corrected chi connectivity index (χ0v) is 11.9. The molecule has 19 heavy (non-hydrogen) atoms. The average Bonchev–Trinajstić information content (AvgIpc) is 2.47. The van der Waals surface area contributed by atoms with Crippen LogP contribution < -0.4 is 0 Å². The van der Waals surface area contributed by atoms with Gasteiger partial charge in [-0.05, 0) is 49.3 Å². The number of benzene rings is 1. The van der Waals surface area contributed by atoms with Crippen LogP contribution in [-0.2, 0) is 5.60 Å². The van der Waals surface area contributed by atoms with Gasteiger partial charge in [0.25, 0.3) is 0 Å². The van der Waals surface area contributed by atoms with Crippen LogP contribution in [-0.4, -0.2) is 5.11 Å². The van der Waals surface area contributed by atoms with Crippen molar-refractivity contribution >= 4 is 0 Å². The maximum absolute atomic E-state index is 10.9. The Kier molecular flexibility index (Phi) is 4.27. The number of nitrogens with zero attached hydrogens (tertiary/aromatic N) is 1. The maximum Gasteiger partial charge on any atom is 0.0991 e. The molecule has 1 saturated carbocycles. The maximum atomic E-state index is 10.9. The Balaban J connectivity index is 2.15. The van der Waals surface area contributed by atoms with Crippen molar-refractivity contribution < 1.29 is 5.11 Å². The summed E-state index contributed by atoms with van der Waals surface area (Å²) in [6.45, 7) is 4.15. The van der Waals surface area contributed by atoms with Gasteiger partial charge in [0.15, 0.2) is 0 Å². The zero-order chi connectivity index (χ0) is 13.9. The van der Waals surface area contributed by atoms with E-state index < -0.39 is 5.60 Å². The molecular weight excluding hydrogens is 234 g/mol. The van der Waals surface area contributed by atoms with Gasteiger partial charge in [0.1, 0.15) is 0 Å². The van der Waals surface area contributed by atoms with E-state index >= 15 is 0 Å². The number of nitriles is 1. The third kappa shape index (κ3) is 2.98. The Morgan fingerprint density at radius 1 is 1.32 bits per heavy atom. The van der Waals surface area contributed by atoms with Crippen LogP contribution in [0.1, 0.15) is 57.1 Å². The summed E-state index contributed by atoms with van der Waals surface area (Å²) >= 11 is 0. The summed E-state index contributed by atoms with van der Waals surface area (Å²) < 4.78 is 0. The van der Waals surface area contributed by atoms with Gasteiger partial charge in [0, 0.05) is 0 Å². The molecular formula is C17H23NO. The van der Waals surface area contributed by atoms with Crippen LogP contribution in [0.3, 0.4) is 0 Å². The van der Waals surface area contributed by atoms with E-state index in [-0.39, 0.29) is 0 Å². The molecule has 0 amide bonds. The molecule has 2 rings (SSSR count). The first-order valence-corrected chi connectivity index (χ1v) is 7.31. The molecule has 1 unspecified atom stereocenters. The van der Waals surface area contributed by atoms with E-state index in [2.05, 4.69) is 13.0 Å². The molecule has 0 saturated heterocycles. The minimum absolute atomic E-state index is 0.309. The van der Waals surface area contributed by atoms with Crippen molar-refractivity contribution in [1.29, 1.82) is 5.26 Å². The molecule has 0 radical (unpaired) electrons. The monoisotopic (exact) mass is 257 g/mol. The Labute approximate surface area is 116 Å². The van der Waals surface area contributed by atoms with E-state index in [0.717, 1.165) is 24.3 Å². The lowest BCUT2D eigenvalue weighted by molar-refractivity contribution is -0.0276. The first-order chi connectivity index (χ1) is 9.07. The van der Waals surface area contributed by atoms with E-state index in [0.29, 0.717) is 11.5 Å². The number of rotatable bonds is 3. The predicted octanol–water partition coefficient (Wildman–Crippen LogP) is 3.98. The normalized spacial score (nSPS) is 26.4. The molecule has 1 aliphatic rings. The van der Waals surface area contributed by atoms with E-state index in [4.69, 9.17) is 5.26 Å². The van der Waals surface area contributed by atoms with Crippen LogP contribution in [0.2, 0.25) is 0 Å². The summed E-state index contributed by atoms with van der Waals surface area (Å²) in [6.07, 6.45) is 5.86. The van der Waals surface area contributed by atoms with Crippen molar-refractivity contribution in [1.82, 2.24) is 0 Å². The molecule has 0 bridgehead atoms. The van der Waals surface area contributed by atoms with E-state index in [9.17, 15) is 5.11 Å². The minimum atomic E-state index is -0.814. The molecule has 1 aromatic carbocycles. The van der Waals surface area contributed by atoms with E-state index in [1.54, 1.807) is 6.07 Å². The largest absolute Gasteiger partial charge is 0.385 e. The third-order valence-electron chi connectivity index (χ3n) is 4.80. The molecule has 1 aromatic rings. The van der Waals surface area contributed by atoms with Gasteiger partial charge < -0.3 is 5.11 Å². The van der Waals surface area contributed by atoms with Gasteiger partial charge in [-0.1, -0.05) is 38.3 Å². The third-order valence-corrected chi connectivity index (χ3v) is 4.80. The summed E-state index contributed by atoms with van der Waals surface area (Å²) in [5.41, 5.74) is 0.692. The van der Waals surface area contributed by atoms with Crippen molar-refractivity contribution in [2.45, 2.75) is 51.6 Å². The van der Waals surface area contributed by atoms with E-state index in [1.807, 2.05) is 25.1 Å². The summed E-state index contributed by atoms with van der Waals surface area (Å²) in [5.74, 6) is 1.14. The van der Waals surface area contributed by atoms with Crippen LogP contribution >= 0.6 is 0 Å². The fourth-order valence-electron chi connectivity index (χ4n) is 3.27. The van der Waals surface area contributed by atoms with Gasteiger partial charge in [-0.3, -0.25) is 0 Å². The highest BCUT2D eigenvalue weighted by molar-refractivity contribution is 5.35. The van der Waals surface area contributed by atoms with Crippen molar-refractivity contribution in [3.05, 3.63) is 35.4 Å². The SMILES string of the molecule is CCC1CCC(C(C)(O)c2cccc(C#N)c2)CC1. The van der Waals surface area contributed by atoms with Crippen LogP contribution in [0.15, 0.2) is 24.3 Å². The second kappa shape index (κ2) is 5.75. The van der Waals surface area contributed by atoms with Crippen molar-refractivity contribution in [2.24, 2.45) is 11.8 Å². The van der Waals surface area contributed by atoms with Gasteiger partial charge in [-0.25, -0.2) is 0 Å². The highest BCUT2D eigenvalue weighted by atomic mass is 16.3. The van der Waals surface area contributed by atoms with Gasteiger partial charge in [-0.15, -0.1) is 0 Å². The Morgan fingerprint density at radius 3 is 2.58 bits per heavy atom. The summed E-state index contributed by atoms with van der Waals surface area (Å²) in [6, 6.07) is 9.56. The topological polar surface area (TPSA) is 44.0 Å². The predicted molar refractivity (Wildman–Crippen MR) is 76.5 cm³/mol. The Bertz CT molecular complexity index is 464. The highest BCUT2D eigenvalue weighted by Gasteiger charge is 2.36. The summed E-state index contributed by atoms with van der Waals surface area (Å²) in [4.78, 5) is 0. The first-order valence-electron chi connectivity index (χ1n) is 7.31. The fourth-order valence-corrected chi connectivity index (χ4v) is 3.27. The summed E-state index contributed by atoms with van der Waals surface area (Å²) in [5, 5.41) is 19.9. The molecule has 2 heteroatoms. The smallest absolute Gasteiger partial charge is 0.0991 e. The molecule has 0 spiro atoms. The number of hydrogen-bond acceptors (Lipinski definition) is 2. The van der Waals surface area contributed by atoms with Crippen LogP contribution in [0, 0.1) is 23.2 Å². The lowest BCUT2D eigenvalue weighted by Crippen LogP contribution is -2.34. The van der Waals surface area contributed by atoms with Crippen molar-refractivity contribution in [3.8, 4) is 6.07 Å². The standard InChI is InChI=1S/C17H23NO/c1-3-13-7-9-15(10-8-13)17(2,19)16-6-4-5-14(11-16)12-18/h4-6,11,13,15,19H,3,7-10H2,1-2H3. The molecule has 1 N–H and O–H groups in total. The molecule has 1 atom stereocenters. The summed E-state index contributed by atoms with van der Waals surface area (Å²) in [7, 11) is 0. The minimum Gasteiger partial charge on any atom is -0.385 e. The first kappa shape index (κ1) is 14.1. The van der Waals surface area contributed by atoms with E-state index in [1.165, 1.54) is 19.3 Å². The Hall–Kier alpha value is -1.33. The quantitative estimate of drug-likeness (QED) is 0.890. The van der Waals surface area contributed by atoms with Gasteiger partial charge >= 0.3 is 0 Å². The number of aliphatic hydroxyl groups is 1. The molecule has 102 valence electrons. The van der Waals surface area contributed by atoms with Crippen LogP contribution in [0.25, 0.3) is 0 Å². The second-order valence-corrected chi connectivity index (χ2v) is 5.97. The van der Waals surface area contributed by atoms with Crippen LogP contribution in [0.5, 0.6) is 0 Å². The molecule has 1 fully saturated rings. The zero-order valence-electron chi connectivity index (χ0n) is 11.9. The van der Waals surface area contributed by atoms with Crippen molar-refractivity contribution in [2.75, 3.05) is 0 Å². The molecule has 0 aliphatic heterocycles. The lowest BCUT2D eigenvalue weighted by Gasteiger charge is -2.38. The molecule has 0 aromatic heterocycles. The highest BCUT2D eigenvalue weighted by Crippen LogP contribution is 2.41. The Morgan fingerprint density at radius 2 is 2.00 bits per heavy atom. The number of hydrogen-bond donors (Lipinski definition) is 1. The van der Waals surface area contributed by atoms with Crippen molar-refractivity contribution in [3.63, 3.8) is 0 Å². The van der Waals surface area contributed by atoms with Gasteiger partial charge in [-0.2, -0.15) is 5.26 Å². The molecule has 2 nitrogen and oxygen atoms in total. The van der Waals surface area contributed by atoms with Gasteiger partial charge in [0.2, 0.25) is 0 Å². The fraction of sp³-hybridized carbons (Fsp3) is 0.588. The second-order valence-electron chi connectivity index (χ2n) is 5.97. The molecule has 1 aliphatic carbocycles.